The molecule has 92 valence electrons. The van der Waals surface area contributed by atoms with Crippen molar-refractivity contribution in [1.82, 2.24) is 10.2 Å². The van der Waals surface area contributed by atoms with Crippen LogP contribution >= 0.6 is 0 Å². The molecule has 2 unspecified atom stereocenters. The minimum absolute atomic E-state index is 0.144. The Morgan fingerprint density at radius 2 is 2.31 bits per heavy atom. The molecule has 0 aliphatic carbocycles. The first-order valence-corrected chi connectivity index (χ1v) is 6.31. The van der Waals surface area contributed by atoms with Crippen LogP contribution in [0.5, 0.6) is 0 Å². The van der Waals surface area contributed by atoms with Crippen molar-refractivity contribution in [3.63, 3.8) is 0 Å². The van der Waals surface area contributed by atoms with Crippen LogP contribution < -0.4 is 5.32 Å². The second-order valence-corrected chi connectivity index (χ2v) is 4.88. The van der Waals surface area contributed by atoms with Crippen LogP contribution in [-0.2, 0) is 9.53 Å². The van der Waals surface area contributed by atoms with Gasteiger partial charge in [0.25, 0.3) is 0 Å². The van der Waals surface area contributed by atoms with Crippen LogP contribution in [0, 0.1) is 5.92 Å². The van der Waals surface area contributed by atoms with E-state index in [0.29, 0.717) is 12.0 Å². The van der Waals surface area contributed by atoms with E-state index in [0.717, 1.165) is 26.1 Å². The highest BCUT2D eigenvalue weighted by molar-refractivity contribution is 5.77. The fourth-order valence-corrected chi connectivity index (χ4v) is 2.89. The van der Waals surface area contributed by atoms with E-state index in [-0.39, 0.29) is 12.5 Å². The Morgan fingerprint density at radius 3 is 3.00 bits per heavy atom. The largest absolute Gasteiger partial charge is 0.375 e. The molecule has 2 aliphatic rings. The van der Waals surface area contributed by atoms with Crippen molar-refractivity contribution in [3.8, 4) is 0 Å². The number of hydrogen-bond acceptors (Lipinski definition) is 3. The van der Waals surface area contributed by atoms with E-state index in [9.17, 15) is 4.79 Å². The first-order valence-electron chi connectivity index (χ1n) is 6.31. The number of likely N-dealkylation sites (tertiary alicyclic amines) is 1. The highest BCUT2D eigenvalue weighted by atomic mass is 16.5. The summed E-state index contributed by atoms with van der Waals surface area (Å²) < 4.78 is 4.91. The molecule has 2 rings (SSSR count). The van der Waals surface area contributed by atoms with E-state index in [1.165, 1.54) is 19.3 Å². The first kappa shape index (κ1) is 11.9. The van der Waals surface area contributed by atoms with Crippen LogP contribution in [-0.4, -0.2) is 50.2 Å². The number of ether oxygens (including phenoxy) is 1. The average Bonchev–Trinajstić information content (AvgIpc) is 2.83. The molecule has 0 aromatic rings. The van der Waals surface area contributed by atoms with Crippen LogP contribution in [0.3, 0.4) is 0 Å². The summed E-state index contributed by atoms with van der Waals surface area (Å²) in [5.41, 5.74) is 0. The van der Waals surface area contributed by atoms with Gasteiger partial charge in [0.1, 0.15) is 6.61 Å². The van der Waals surface area contributed by atoms with Gasteiger partial charge in [0, 0.05) is 26.2 Å². The minimum atomic E-state index is 0.144. The van der Waals surface area contributed by atoms with Crippen molar-refractivity contribution in [2.24, 2.45) is 5.92 Å². The number of amides is 1. The zero-order valence-corrected chi connectivity index (χ0v) is 10.1. The second kappa shape index (κ2) is 5.64. The molecule has 16 heavy (non-hydrogen) atoms. The SMILES string of the molecule is COCC(=O)N1CCCC(C2CCCN2)C1. The number of rotatable bonds is 3. The zero-order chi connectivity index (χ0) is 11.4. The molecule has 0 bridgehead atoms. The van der Waals surface area contributed by atoms with Crippen LogP contribution in [0.15, 0.2) is 0 Å². The van der Waals surface area contributed by atoms with E-state index in [1.807, 2.05) is 4.90 Å². The first-order chi connectivity index (χ1) is 7.81. The maximum Gasteiger partial charge on any atom is 0.248 e. The smallest absolute Gasteiger partial charge is 0.248 e. The minimum Gasteiger partial charge on any atom is -0.375 e. The molecule has 2 aliphatic heterocycles. The summed E-state index contributed by atoms with van der Waals surface area (Å²) in [4.78, 5) is 13.7. The van der Waals surface area contributed by atoms with Gasteiger partial charge < -0.3 is 15.0 Å². The molecule has 2 atom stereocenters. The molecule has 1 amide bonds. The molecule has 0 aromatic carbocycles. The molecular formula is C12H22N2O2. The molecule has 0 aromatic heterocycles. The lowest BCUT2D eigenvalue weighted by Crippen LogP contribution is -2.46. The lowest BCUT2D eigenvalue weighted by molar-refractivity contribution is -0.137. The molecule has 0 saturated carbocycles. The molecule has 4 heteroatoms. The van der Waals surface area contributed by atoms with Gasteiger partial charge in [-0.25, -0.2) is 0 Å². The summed E-state index contributed by atoms with van der Waals surface area (Å²) in [5.74, 6) is 0.794. The van der Waals surface area contributed by atoms with Gasteiger partial charge in [-0.3, -0.25) is 4.79 Å². The van der Waals surface area contributed by atoms with Gasteiger partial charge >= 0.3 is 0 Å². The molecule has 1 N–H and O–H groups in total. The number of carbonyl (C=O) groups excluding carboxylic acids is 1. The third-order valence-corrected chi connectivity index (χ3v) is 3.75. The van der Waals surface area contributed by atoms with E-state index < -0.39 is 0 Å². The highest BCUT2D eigenvalue weighted by Gasteiger charge is 2.30. The van der Waals surface area contributed by atoms with Gasteiger partial charge in [-0.1, -0.05) is 0 Å². The van der Waals surface area contributed by atoms with Gasteiger partial charge in [0.2, 0.25) is 5.91 Å². The Bertz CT molecular complexity index is 239. The van der Waals surface area contributed by atoms with Crippen molar-refractivity contribution in [2.75, 3.05) is 33.4 Å². The second-order valence-electron chi connectivity index (χ2n) is 4.88. The average molecular weight is 226 g/mol. The van der Waals surface area contributed by atoms with Crippen LogP contribution in [0.4, 0.5) is 0 Å². The summed E-state index contributed by atoms with van der Waals surface area (Å²) in [5, 5.41) is 3.55. The van der Waals surface area contributed by atoms with Gasteiger partial charge in [-0.15, -0.1) is 0 Å². The number of hydrogen-bond donors (Lipinski definition) is 1. The van der Waals surface area contributed by atoms with Gasteiger partial charge in [0.05, 0.1) is 0 Å². The number of methoxy groups -OCH3 is 1. The number of nitrogens with zero attached hydrogens (tertiary/aromatic N) is 1. The van der Waals surface area contributed by atoms with E-state index >= 15 is 0 Å². The lowest BCUT2D eigenvalue weighted by atomic mass is 9.90. The van der Waals surface area contributed by atoms with Gasteiger partial charge in [-0.05, 0) is 38.1 Å². The van der Waals surface area contributed by atoms with Crippen LogP contribution in [0.25, 0.3) is 0 Å². The van der Waals surface area contributed by atoms with Crippen LogP contribution in [0.1, 0.15) is 25.7 Å². The summed E-state index contributed by atoms with van der Waals surface area (Å²) in [6.07, 6.45) is 4.96. The Hall–Kier alpha value is -0.610. The summed E-state index contributed by atoms with van der Waals surface area (Å²) in [6.45, 7) is 3.20. The monoisotopic (exact) mass is 226 g/mol. The Kier molecular flexibility index (Phi) is 4.18. The van der Waals surface area contributed by atoms with Crippen molar-refractivity contribution >= 4 is 5.91 Å². The molecular weight excluding hydrogens is 204 g/mol. The standard InChI is InChI=1S/C12H22N2O2/c1-16-9-12(15)14-7-3-4-10(8-14)11-5-2-6-13-11/h10-11,13H,2-9H2,1H3. The third kappa shape index (κ3) is 2.74. The Balaban J connectivity index is 1.85. The van der Waals surface area contributed by atoms with Crippen molar-refractivity contribution in [3.05, 3.63) is 0 Å². The Morgan fingerprint density at radius 1 is 1.44 bits per heavy atom. The molecule has 2 heterocycles. The highest BCUT2D eigenvalue weighted by Crippen LogP contribution is 2.24. The van der Waals surface area contributed by atoms with Crippen molar-refractivity contribution < 1.29 is 9.53 Å². The van der Waals surface area contributed by atoms with Crippen molar-refractivity contribution in [1.29, 1.82) is 0 Å². The molecule has 2 saturated heterocycles. The lowest BCUT2D eigenvalue weighted by Gasteiger charge is -2.35. The zero-order valence-electron chi connectivity index (χ0n) is 10.1. The van der Waals surface area contributed by atoms with Crippen molar-refractivity contribution in [2.45, 2.75) is 31.7 Å². The normalized spacial score (nSPS) is 30.7. The number of carbonyl (C=O) groups is 1. The maximum atomic E-state index is 11.7. The fraction of sp³-hybridized carbons (Fsp3) is 0.917. The van der Waals surface area contributed by atoms with Crippen LogP contribution in [0.2, 0.25) is 0 Å². The number of nitrogens with one attached hydrogen (secondary N) is 1. The van der Waals surface area contributed by atoms with Gasteiger partial charge in [0.15, 0.2) is 0 Å². The predicted molar refractivity (Wildman–Crippen MR) is 62.2 cm³/mol. The van der Waals surface area contributed by atoms with E-state index in [2.05, 4.69) is 5.32 Å². The molecule has 2 fully saturated rings. The maximum absolute atomic E-state index is 11.7. The topological polar surface area (TPSA) is 41.6 Å². The summed E-state index contributed by atoms with van der Waals surface area (Å²) in [7, 11) is 1.58. The summed E-state index contributed by atoms with van der Waals surface area (Å²) in [6, 6.07) is 0.637. The van der Waals surface area contributed by atoms with E-state index in [1.54, 1.807) is 7.11 Å². The fourth-order valence-electron chi connectivity index (χ4n) is 2.89. The molecule has 0 radical (unpaired) electrons. The molecule has 4 nitrogen and oxygen atoms in total. The Labute approximate surface area is 97.3 Å². The third-order valence-electron chi connectivity index (χ3n) is 3.75. The molecule has 0 spiro atoms. The number of piperidine rings is 1. The summed E-state index contributed by atoms with van der Waals surface area (Å²) >= 11 is 0. The predicted octanol–water partition coefficient (Wildman–Crippen LogP) is 0.623. The quantitative estimate of drug-likeness (QED) is 0.767. The van der Waals surface area contributed by atoms with E-state index in [4.69, 9.17) is 4.74 Å². The van der Waals surface area contributed by atoms with Gasteiger partial charge in [-0.2, -0.15) is 0 Å².